The second-order valence-electron chi connectivity index (χ2n) is 6.62. The molecule has 27 heavy (non-hydrogen) atoms. The molecule has 0 bridgehead atoms. The summed E-state index contributed by atoms with van der Waals surface area (Å²) in [4.78, 5) is 10.4. The number of hydrogen-bond acceptors (Lipinski definition) is 5. The van der Waals surface area contributed by atoms with E-state index >= 15 is 0 Å². The lowest BCUT2D eigenvalue weighted by Crippen LogP contribution is -2.24. The Labute approximate surface area is 159 Å². The van der Waals surface area contributed by atoms with E-state index in [4.69, 9.17) is 0 Å². The van der Waals surface area contributed by atoms with Gasteiger partial charge in [-0.2, -0.15) is 13.2 Å². The molecule has 3 rings (SSSR count). The molecule has 2 heterocycles. The van der Waals surface area contributed by atoms with Crippen LogP contribution in [0.4, 0.5) is 13.2 Å². The van der Waals surface area contributed by atoms with Crippen molar-refractivity contribution < 1.29 is 18.3 Å². The van der Waals surface area contributed by atoms with Crippen LogP contribution < -0.4 is 0 Å². The van der Waals surface area contributed by atoms with Gasteiger partial charge in [-0.1, -0.05) is 12.1 Å². The number of fused-ring (bicyclic) bond motifs is 1. The fourth-order valence-electron chi connectivity index (χ4n) is 3.13. The first-order chi connectivity index (χ1) is 12.6. The Kier molecular flexibility index (Phi) is 5.50. The number of para-hydroxylation sites is 1. The van der Waals surface area contributed by atoms with Crippen molar-refractivity contribution in [1.82, 2.24) is 14.9 Å². The topological polar surface area (TPSA) is 49.2 Å². The number of likely N-dealkylation sites (N-methyl/N-ethyl adjacent to an activating group) is 1. The number of thiazole rings is 1. The van der Waals surface area contributed by atoms with Crippen LogP contribution >= 0.6 is 11.3 Å². The highest BCUT2D eigenvalue weighted by Gasteiger charge is 2.33. The van der Waals surface area contributed by atoms with Crippen LogP contribution in [0, 0.1) is 13.8 Å². The standard InChI is InChI=1S/C19H20F3N3OS/c1-11-7-15(14-5-4-6-16(18(14)23-11)19(20,21)22)17(26)9-25(3)8-13-10-27-12(2)24-13/h4-7,10,17,26H,8-9H2,1-3H3. The lowest BCUT2D eigenvalue weighted by molar-refractivity contribution is -0.136. The number of aryl methyl sites for hydroxylation is 2. The van der Waals surface area contributed by atoms with Gasteiger partial charge in [-0.25, -0.2) is 4.98 Å². The number of alkyl halides is 3. The van der Waals surface area contributed by atoms with E-state index in [2.05, 4.69) is 9.97 Å². The predicted octanol–water partition coefficient (Wildman–Crippen LogP) is 4.49. The summed E-state index contributed by atoms with van der Waals surface area (Å²) in [6.07, 6.45) is -5.44. The molecule has 0 amide bonds. The van der Waals surface area contributed by atoms with Crippen molar-refractivity contribution in [2.45, 2.75) is 32.7 Å². The molecular weight excluding hydrogens is 375 g/mol. The van der Waals surface area contributed by atoms with Crippen molar-refractivity contribution in [3.63, 3.8) is 0 Å². The third-order valence-electron chi connectivity index (χ3n) is 4.25. The molecule has 0 aliphatic rings. The van der Waals surface area contributed by atoms with E-state index in [1.165, 1.54) is 6.07 Å². The molecular formula is C19H20F3N3OS. The summed E-state index contributed by atoms with van der Waals surface area (Å²) in [6.45, 7) is 4.38. The van der Waals surface area contributed by atoms with Crippen molar-refractivity contribution in [1.29, 1.82) is 0 Å². The molecule has 8 heteroatoms. The smallest absolute Gasteiger partial charge is 0.387 e. The maximum atomic E-state index is 13.3. The maximum absolute atomic E-state index is 13.3. The van der Waals surface area contributed by atoms with Crippen molar-refractivity contribution in [2.24, 2.45) is 0 Å². The van der Waals surface area contributed by atoms with Crippen LogP contribution in [0.5, 0.6) is 0 Å². The van der Waals surface area contributed by atoms with Crippen molar-refractivity contribution in [2.75, 3.05) is 13.6 Å². The van der Waals surface area contributed by atoms with Gasteiger partial charge >= 0.3 is 6.18 Å². The number of pyridine rings is 1. The zero-order valence-corrected chi connectivity index (χ0v) is 16.0. The number of halogens is 3. The molecule has 1 atom stereocenters. The third-order valence-corrected chi connectivity index (χ3v) is 5.07. The Bertz CT molecular complexity index is 955. The minimum Gasteiger partial charge on any atom is -0.387 e. The lowest BCUT2D eigenvalue weighted by Gasteiger charge is -2.22. The minimum atomic E-state index is -4.50. The zero-order chi connectivity index (χ0) is 19.8. The summed E-state index contributed by atoms with van der Waals surface area (Å²) in [6, 6.07) is 5.58. The van der Waals surface area contributed by atoms with Gasteiger partial charge in [0.15, 0.2) is 0 Å². The van der Waals surface area contributed by atoms with Crippen LogP contribution in [-0.2, 0) is 12.7 Å². The van der Waals surface area contributed by atoms with Gasteiger partial charge in [0.05, 0.1) is 27.9 Å². The molecule has 0 fully saturated rings. The zero-order valence-electron chi connectivity index (χ0n) is 15.2. The first kappa shape index (κ1) is 19.7. The first-order valence-electron chi connectivity index (χ1n) is 8.40. The second kappa shape index (κ2) is 7.53. The van der Waals surface area contributed by atoms with Gasteiger partial charge in [0, 0.05) is 29.5 Å². The normalized spacial score (nSPS) is 13.5. The van der Waals surface area contributed by atoms with Crippen LogP contribution in [0.15, 0.2) is 29.6 Å². The average molecular weight is 395 g/mol. The summed E-state index contributed by atoms with van der Waals surface area (Å²) >= 11 is 1.55. The van der Waals surface area contributed by atoms with Crippen LogP contribution in [-0.4, -0.2) is 33.6 Å². The van der Waals surface area contributed by atoms with Crippen LogP contribution in [0.3, 0.4) is 0 Å². The Balaban J connectivity index is 1.91. The highest BCUT2D eigenvalue weighted by molar-refractivity contribution is 7.09. The Morgan fingerprint density at radius 1 is 1.22 bits per heavy atom. The fraction of sp³-hybridized carbons (Fsp3) is 0.368. The monoisotopic (exact) mass is 395 g/mol. The molecule has 2 aromatic heterocycles. The van der Waals surface area contributed by atoms with E-state index in [0.717, 1.165) is 16.8 Å². The molecule has 0 aliphatic carbocycles. The molecule has 144 valence electrons. The average Bonchev–Trinajstić information content (AvgIpc) is 2.97. The number of benzene rings is 1. The number of hydrogen-bond donors (Lipinski definition) is 1. The van der Waals surface area contributed by atoms with Crippen LogP contribution in [0.2, 0.25) is 0 Å². The van der Waals surface area contributed by atoms with E-state index in [-0.39, 0.29) is 12.1 Å². The summed E-state index contributed by atoms with van der Waals surface area (Å²) in [5, 5.41) is 14.0. The van der Waals surface area contributed by atoms with Crippen molar-refractivity contribution in [3.8, 4) is 0 Å². The summed E-state index contributed by atoms with van der Waals surface area (Å²) in [5.41, 5.74) is 0.874. The second-order valence-corrected chi connectivity index (χ2v) is 7.69. The van der Waals surface area contributed by atoms with Crippen molar-refractivity contribution in [3.05, 3.63) is 57.2 Å². The van der Waals surface area contributed by atoms with Gasteiger partial charge in [0.2, 0.25) is 0 Å². The van der Waals surface area contributed by atoms with Crippen LogP contribution in [0.1, 0.15) is 33.6 Å². The molecule has 1 aromatic carbocycles. The van der Waals surface area contributed by atoms with E-state index in [0.29, 0.717) is 23.2 Å². The van der Waals surface area contributed by atoms with Crippen molar-refractivity contribution >= 4 is 22.2 Å². The van der Waals surface area contributed by atoms with Gasteiger partial charge in [-0.15, -0.1) is 11.3 Å². The summed E-state index contributed by atoms with van der Waals surface area (Å²) < 4.78 is 40.0. The predicted molar refractivity (Wildman–Crippen MR) is 99.6 cm³/mol. The molecule has 0 spiro atoms. The van der Waals surface area contributed by atoms with Gasteiger partial charge < -0.3 is 5.11 Å². The largest absolute Gasteiger partial charge is 0.418 e. The minimum absolute atomic E-state index is 0.128. The van der Waals surface area contributed by atoms with E-state index in [9.17, 15) is 18.3 Å². The number of aliphatic hydroxyl groups excluding tert-OH is 1. The molecule has 0 saturated heterocycles. The van der Waals surface area contributed by atoms with E-state index < -0.39 is 17.8 Å². The highest BCUT2D eigenvalue weighted by Crippen LogP contribution is 2.36. The molecule has 0 radical (unpaired) electrons. The Hall–Kier alpha value is -2.03. The number of rotatable bonds is 5. The van der Waals surface area contributed by atoms with Gasteiger partial charge in [-0.3, -0.25) is 9.88 Å². The van der Waals surface area contributed by atoms with Gasteiger partial charge in [0.25, 0.3) is 0 Å². The quantitative estimate of drug-likeness (QED) is 0.691. The van der Waals surface area contributed by atoms with Gasteiger partial charge in [0.1, 0.15) is 0 Å². The molecule has 4 nitrogen and oxygen atoms in total. The Morgan fingerprint density at radius 2 is 1.96 bits per heavy atom. The highest BCUT2D eigenvalue weighted by atomic mass is 32.1. The Morgan fingerprint density at radius 3 is 2.59 bits per heavy atom. The van der Waals surface area contributed by atoms with E-state index in [1.54, 1.807) is 30.4 Å². The van der Waals surface area contributed by atoms with Crippen LogP contribution in [0.25, 0.3) is 10.9 Å². The number of nitrogens with zero attached hydrogens (tertiary/aromatic N) is 3. The third kappa shape index (κ3) is 4.45. The number of aliphatic hydroxyl groups is 1. The lowest BCUT2D eigenvalue weighted by atomic mass is 9.99. The maximum Gasteiger partial charge on any atom is 0.418 e. The van der Waals surface area contributed by atoms with Gasteiger partial charge in [-0.05, 0) is 38.6 Å². The first-order valence-corrected chi connectivity index (χ1v) is 9.28. The fourth-order valence-corrected chi connectivity index (χ4v) is 3.73. The molecule has 0 saturated carbocycles. The van der Waals surface area contributed by atoms with E-state index in [1.807, 2.05) is 24.3 Å². The molecule has 3 aromatic rings. The molecule has 1 unspecified atom stereocenters. The molecule has 1 N–H and O–H groups in total. The molecule has 0 aliphatic heterocycles. The SMILES string of the molecule is Cc1cc(C(O)CN(C)Cc2csc(C)n2)c2cccc(C(F)(F)F)c2n1. The number of aromatic nitrogens is 2. The summed E-state index contributed by atoms with van der Waals surface area (Å²) in [5.74, 6) is 0. The summed E-state index contributed by atoms with van der Waals surface area (Å²) in [7, 11) is 1.84.